The van der Waals surface area contributed by atoms with Gasteiger partial charge in [-0.15, -0.1) is 0 Å². The molecular weight excluding hydrogens is 1080 g/mol. The van der Waals surface area contributed by atoms with Crippen LogP contribution in [0, 0.1) is 0 Å². The fraction of sp³-hybridized carbons (Fsp3) is 0. The Labute approximate surface area is 303 Å². The van der Waals surface area contributed by atoms with Crippen molar-refractivity contribution in [2.24, 2.45) is 0 Å². The number of hydrogen-bond donors (Lipinski definition) is 0. The van der Waals surface area contributed by atoms with Crippen molar-refractivity contribution in [3.8, 4) is 0 Å². The minimum absolute atomic E-state index is 0.125. The number of benzene rings is 4. The van der Waals surface area contributed by atoms with Crippen molar-refractivity contribution in [1.29, 1.82) is 0 Å². The number of hydrogen-bond acceptors (Lipinski definition) is 0. The Morgan fingerprint density at radius 1 is 0.333 bits per heavy atom. The van der Waals surface area contributed by atoms with E-state index in [1.165, 1.54) is 44.5 Å². The molecule has 0 amide bonds. The van der Waals surface area contributed by atoms with Gasteiger partial charge >= 0.3 is 58.6 Å². The third-order valence-electron chi connectivity index (χ3n) is 5.25. The molecule has 0 nitrogen and oxygen atoms in total. The van der Waals surface area contributed by atoms with E-state index in [4.69, 9.17) is 0 Å². The molecule has 0 spiro atoms. The van der Waals surface area contributed by atoms with Crippen LogP contribution in [0.4, 0.5) is 0 Å². The van der Waals surface area contributed by atoms with Gasteiger partial charge in [0.25, 0.3) is 0 Å². The second-order valence-electron chi connectivity index (χ2n) is 7.53. The van der Waals surface area contributed by atoms with E-state index in [9.17, 15) is 0 Å². The van der Waals surface area contributed by atoms with Gasteiger partial charge in [0.2, 0.25) is 0 Å². The Bertz CT molecular complexity index is 1090. The van der Waals surface area contributed by atoms with Gasteiger partial charge in [0.05, 0.1) is 0 Å². The fourth-order valence-electron chi connectivity index (χ4n) is 4.01. The zero-order valence-corrected chi connectivity index (χ0v) is 36.8. The fourth-order valence-corrected chi connectivity index (χ4v) is 4.01. The molecule has 0 aromatic heterocycles. The first-order chi connectivity index (χ1) is 18.8. The van der Waals surface area contributed by atoms with Crippen LogP contribution in [0.25, 0.3) is 22.3 Å². The molecule has 0 unspecified atom stereocenters. The van der Waals surface area contributed by atoms with Gasteiger partial charge < -0.3 is 0 Å². The van der Waals surface area contributed by atoms with E-state index in [1.54, 1.807) is 0 Å². The first-order valence-electron chi connectivity index (χ1n) is 11.3. The van der Waals surface area contributed by atoms with Gasteiger partial charge in [-0.1, -0.05) is 121 Å². The monoisotopic (exact) mass is 1090 g/mol. The summed E-state index contributed by atoms with van der Waals surface area (Å²) in [7, 11) is -1.40. The normalized spacial score (nSPS) is 11.4. The Kier molecular flexibility index (Phi) is 20.6. The summed E-state index contributed by atoms with van der Waals surface area (Å²) in [4.78, 5) is 0. The predicted octanol–water partition coefficient (Wildman–Crippen LogP) is 13.2. The summed E-state index contributed by atoms with van der Waals surface area (Å²) in [5, 5.41) is 0. The van der Waals surface area contributed by atoms with Crippen LogP contribution in [0.5, 0.6) is 0 Å². The summed E-state index contributed by atoms with van der Waals surface area (Å²) in [5.74, 6) is 0. The maximum Gasteiger partial charge on any atom is -0.00139 e. The average molecular weight is 1100 g/mol. The van der Waals surface area contributed by atoms with Crippen LogP contribution in [0.15, 0.2) is 121 Å². The van der Waals surface area contributed by atoms with Gasteiger partial charge in [-0.3, -0.25) is 0 Å². The molecular formula is C28H20Al2Br8Ti. The third-order valence-corrected chi connectivity index (χ3v) is 5.25. The number of allylic oxidation sites excluding steroid dienone is 4. The van der Waals surface area contributed by atoms with E-state index in [2.05, 4.69) is 232 Å². The molecule has 5 rings (SSSR count). The third kappa shape index (κ3) is 13.2. The van der Waals surface area contributed by atoms with Gasteiger partial charge in [-0.05, 0) is 44.5 Å². The number of halogens is 8. The van der Waals surface area contributed by atoms with Crippen LogP contribution in [0.3, 0.4) is 0 Å². The molecule has 198 valence electrons. The summed E-state index contributed by atoms with van der Waals surface area (Å²) in [6.07, 6.45) is 0. The van der Waals surface area contributed by atoms with Crippen molar-refractivity contribution in [2.75, 3.05) is 0 Å². The summed E-state index contributed by atoms with van der Waals surface area (Å²) < 4.78 is 0. The van der Waals surface area contributed by atoms with E-state index in [0.717, 1.165) is 0 Å². The molecule has 0 saturated carbocycles. The molecule has 0 aliphatic heterocycles. The van der Waals surface area contributed by atoms with Crippen molar-refractivity contribution < 1.29 is 15.0 Å². The summed E-state index contributed by atoms with van der Waals surface area (Å²) in [6.45, 7) is 0. The van der Waals surface area contributed by atoms with E-state index in [-0.39, 0.29) is 15.0 Å². The molecule has 1 aliphatic rings. The van der Waals surface area contributed by atoms with Crippen molar-refractivity contribution >= 4 is 150 Å². The molecule has 1 aliphatic carbocycles. The molecule has 0 fully saturated rings. The van der Waals surface area contributed by atoms with Crippen molar-refractivity contribution in [3.63, 3.8) is 0 Å². The van der Waals surface area contributed by atoms with E-state index in [0.29, 0.717) is 0 Å². The Morgan fingerprint density at radius 3 is 0.590 bits per heavy atom. The predicted molar refractivity (Wildman–Crippen MR) is 202 cm³/mol. The van der Waals surface area contributed by atoms with Gasteiger partial charge in [0, 0.05) is 0 Å². The smallest absolute Gasteiger partial charge is 0.00139 e. The van der Waals surface area contributed by atoms with Gasteiger partial charge in [-0.2, -0.15) is 84.3 Å². The van der Waals surface area contributed by atoms with Gasteiger partial charge in [0.15, 0.2) is 0 Å². The van der Waals surface area contributed by atoms with Crippen LogP contribution >= 0.6 is 111 Å². The molecule has 0 atom stereocenters. The Hall–Kier alpha value is 1.98. The molecule has 0 radical (unpaired) electrons. The minimum Gasteiger partial charge on any atom is -0.0622 e. The van der Waals surface area contributed by atoms with Crippen LogP contribution in [0.2, 0.25) is 0 Å². The van der Waals surface area contributed by atoms with E-state index >= 15 is 0 Å². The van der Waals surface area contributed by atoms with Gasteiger partial charge in [-0.25, -0.2) is 0 Å². The molecule has 39 heavy (non-hydrogen) atoms. The van der Waals surface area contributed by atoms with E-state index in [1.807, 2.05) is 0 Å². The van der Waals surface area contributed by atoms with Crippen LogP contribution in [-0.4, -0.2) is 17.3 Å². The van der Waals surface area contributed by atoms with Crippen molar-refractivity contribution in [3.05, 3.63) is 144 Å². The zero-order chi connectivity index (χ0) is 28.6. The molecule has 0 bridgehead atoms. The van der Waals surface area contributed by atoms with Crippen LogP contribution < -0.4 is 0 Å². The molecule has 0 saturated heterocycles. The SMILES string of the molecule is [Br][Al]([Br])[Br].[Br][Al]([Br])[Br].[Br][Ti][Br].c1ccc(C2=C(c3ccccc3)C(c3ccccc3)=C2c2ccccc2)cc1. The summed E-state index contributed by atoms with van der Waals surface area (Å²) >= 11 is 26.0. The van der Waals surface area contributed by atoms with Crippen LogP contribution in [-0.2, 0) is 15.0 Å². The first kappa shape index (κ1) is 37.2. The maximum atomic E-state index is 3.24. The minimum atomic E-state index is -0.701. The molecule has 11 heteroatoms. The molecule has 4 aromatic rings. The first-order valence-corrected chi connectivity index (χ1v) is 38.2. The van der Waals surface area contributed by atoms with Crippen molar-refractivity contribution in [1.82, 2.24) is 0 Å². The molecule has 4 aromatic carbocycles. The second kappa shape index (κ2) is 21.6. The van der Waals surface area contributed by atoms with Crippen LogP contribution in [0.1, 0.15) is 22.3 Å². The largest absolute Gasteiger partial charge is 0.0622 e. The molecule has 0 N–H and O–H groups in total. The Morgan fingerprint density at radius 2 is 0.462 bits per heavy atom. The van der Waals surface area contributed by atoms with Gasteiger partial charge in [0.1, 0.15) is 0 Å². The second-order valence-corrected chi connectivity index (χ2v) is 55.0. The van der Waals surface area contributed by atoms with E-state index < -0.39 is 17.3 Å². The average Bonchev–Trinajstić information content (AvgIpc) is 2.91. The standard InChI is InChI=1S/C28H20.2Al.8BrH.Ti/c1-5-13-21(14-6-1)25-26(22-15-7-2-8-16-22)28(24-19-11-4-12-20-24)27(25)23-17-9-3-10-18-23;;;;;;;;;;;/h1-20H;;;8*1H;/q;2*+3;;;;;;;;;+2/p-8. The zero-order valence-electron chi connectivity index (χ0n) is 20.2. The number of rotatable bonds is 4. The topological polar surface area (TPSA) is 0 Å². The quantitative estimate of drug-likeness (QED) is 0.179. The van der Waals surface area contributed by atoms with Crippen molar-refractivity contribution in [2.45, 2.75) is 0 Å². The molecule has 0 heterocycles. The summed E-state index contributed by atoms with van der Waals surface area (Å²) in [6, 6.07) is 43.0. The maximum absolute atomic E-state index is 3.24. The Balaban J connectivity index is 0.000000418. The summed E-state index contributed by atoms with van der Waals surface area (Å²) in [5.41, 5.74) is 10.4.